The van der Waals surface area contributed by atoms with Crippen LogP contribution in [0.3, 0.4) is 0 Å². The molecule has 1 N–H and O–H groups in total. The lowest BCUT2D eigenvalue weighted by Gasteiger charge is -2.18. The van der Waals surface area contributed by atoms with Gasteiger partial charge in [0.1, 0.15) is 0 Å². The lowest BCUT2D eigenvalue weighted by atomic mass is 10.2. The number of nitrogens with zero attached hydrogens (tertiary/aromatic N) is 1. The Morgan fingerprint density at radius 2 is 1.89 bits per heavy atom. The van der Waals surface area contributed by atoms with Crippen LogP contribution in [-0.2, 0) is 19.0 Å². The van der Waals surface area contributed by atoms with Gasteiger partial charge in [-0.3, -0.25) is 4.90 Å². The molecular weight excluding hydrogens is 238 g/mol. The van der Waals surface area contributed by atoms with Gasteiger partial charge in [-0.25, -0.2) is 4.79 Å². The van der Waals surface area contributed by atoms with Crippen molar-refractivity contribution >= 4 is 5.97 Å². The summed E-state index contributed by atoms with van der Waals surface area (Å²) >= 11 is 0. The van der Waals surface area contributed by atoms with Crippen molar-refractivity contribution in [1.29, 1.82) is 0 Å². The van der Waals surface area contributed by atoms with Gasteiger partial charge in [0.25, 0.3) is 0 Å². The third-order valence-electron chi connectivity index (χ3n) is 3.25. The highest BCUT2D eigenvalue weighted by Crippen LogP contribution is 2.16. The third kappa shape index (κ3) is 4.20. The van der Waals surface area contributed by atoms with Crippen LogP contribution in [0.4, 0.5) is 0 Å². The van der Waals surface area contributed by atoms with Crippen molar-refractivity contribution in [2.45, 2.75) is 31.7 Å². The number of likely N-dealkylation sites (tertiary alicyclic amines) is 1. The van der Waals surface area contributed by atoms with Crippen LogP contribution in [0.1, 0.15) is 13.3 Å². The van der Waals surface area contributed by atoms with Crippen molar-refractivity contribution in [2.75, 3.05) is 40.5 Å². The molecule has 0 amide bonds. The minimum atomic E-state index is -0.900. The van der Waals surface area contributed by atoms with Crippen molar-refractivity contribution < 1.29 is 24.1 Å². The first-order chi connectivity index (χ1) is 8.62. The topological polar surface area (TPSA) is 68.2 Å². The van der Waals surface area contributed by atoms with Crippen LogP contribution in [0.15, 0.2) is 0 Å². The highest BCUT2D eigenvalue weighted by atomic mass is 16.5. The van der Waals surface area contributed by atoms with E-state index in [1.807, 2.05) is 0 Å². The first kappa shape index (κ1) is 15.4. The summed E-state index contributed by atoms with van der Waals surface area (Å²) in [5.74, 6) is -0.900. The van der Waals surface area contributed by atoms with Crippen molar-refractivity contribution in [3.8, 4) is 0 Å². The van der Waals surface area contributed by atoms with Crippen LogP contribution in [0.2, 0.25) is 0 Å². The average Bonchev–Trinajstić information content (AvgIpc) is 2.76. The Morgan fingerprint density at radius 3 is 2.28 bits per heavy atom. The van der Waals surface area contributed by atoms with E-state index in [-0.39, 0.29) is 12.2 Å². The molecule has 106 valence electrons. The standard InChI is InChI=1S/C12H23NO5/c1-4-18-9(12(14)15)5-6-13-7-10(16-2)11(8-13)17-3/h9-11H,4-8H2,1-3H3,(H,14,15). The quantitative estimate of drug-likeness (QED) is 0.674. The smallest absolute Gasteiger partial charge is 0.332 e. The van der Waals surface area contributed by atoms with E-state index in [2.05, 4.69) is 4.90 Å². The van der Waals surface area contributed by atoms with Gasteiger partial charge in [0.2, 0.25) is 0 Å². The largest absolute Gasteiger partial charge is 0.479 e. The molecule has 0 saturated carbocycles. The molecule has 1 aliphatic heterocycles. The van der Waals surface area contributed by atoms with Gasteiger partial charge in [-0.2, -0.15) is 0 Å². The Labute approximate surface area is 108 Å². The fraction of sp³-hybridized carbons (Fsp3) is 0.917. The second kappa shape index (κ2) is 7.68. The first-order valence-corrected chi connectivity index (χ1v) is 6.24. The molecule has 3 atom stereocenters. The summed E-state index contributed by atoms with van der Waals surface area (Å²) in [5, 5.41) is 8.98. The molecule has 6 heteroatoms. The van der Waals surface area contributed by atoms with Gasteiger partial charge in [-0.1, -0.05) is 0 Å². The first-order valence-electron chi connectivity index (χ1n) is 6.24. The van der Waals surface area contributed by atoms with Crippen LogP contribution in [0.25, 0.3) is 0 Å². The van der Waals surface area contributed by atoms with Crippen molar-refractivity contribution in [3.63, 3.8) is 0 Å². The van der Waals surface area contributed by atoms with Crippen molar-refractivity contribution in [2.24, 2.45) is 0 Å². The Bertz CT molecular complexity index is 249. The predicted octanol–water partition coefficient (Wildman–Crippen LogP) is 0.212. The molecule has 0 bridgehead atoms. The fourth-order valence-corrected chi connectivity index (χ4v) is 2.23. The van der Waals surface area contributed by atoms with Crippen molar-refractivity contribution in [1.82, 2.24) is 4.90 Å². The van der Waals surface area contributed by atoms with Gasteiger partial charge in [0.15, 0.2) is 6.10 Å². The van der Waals surface area contributed by atoms with E-state index in [9.17, 15) is 4.79 Å². The second-order valence-corrected chi connectivity index (χ2v) is 4.38. The molecule has 6 nitrogen and oxygen atoms in total. The summed E-state index contributed by atoms with van der Waals surface area (Å²) < 4.78 is 15.8. The highest BCUT2D eigenvalue weighted by Gasteiger charge is 2.33. The molecule has 1 rings (SSSR count). The number of aliphatic carboxylic acids is 1. The van der Waals surface area contributed by atoms with Gasteiger partial charge in [0, 0.05) is 40.5 Å². The number of carboxylic acid groups (broad SMARTS) is 1. The number of rotatable bonds is 8. The zero-order valence-corrected chi connectivity index (χ0v) is 11.3. The second-order valence-electron chi connectivity index (χ2n) is 4.38. The zero-order chi connectivity index (χ0) is 13.5. The van der Waals surface area contributed by atoms with Crippen LogP contribution in [0, 0.1) is 0 Å². The van der Waals surface area contributed by atoms with E-state index in [1.165, 1.54) is 0 Å². The zero-order valence-electron chi connectivity index (χ0n) is 11.3. The number of ether oxygens (including phenoxy) is 3. The van der Waals surface area contributed by atoms with Crippen LogP contribution < -0.4 is 0 Å². The van der Waals surface area contributed by atoms with Crippen molar-refractivity contribution in [3.05, 3.63) is 0 Å². The van der Waals surface area contributed by atoms with E-state index in [0.29, 0.717) is 19.6 Å². The van der Waals surface area contributed by atoms with E-state index < -0.39 is 12.1 Å². The maximum Gasteiger partial charge on any atom is 0.332 e. The number of carbonyl (C=O) groups is 1. The number of carboxylic acids is 1. The Balaban J connectivity index is 2.37. The van der Waals surface area contributed by atoms with Gasteiger partial charge in [-0.05, 0) is 13.3 Å². The molecular formula is C12H23NO5. The lowest BCUT2D eigenvalue weighted by Crippen LogP contribution is -2.31. The van der Waals surface area contributed by atoms with Gasteiger partial charge in [0.05, 0.1) is 12.2 Å². The Kier molecular flexibility index (Phi) is 6.56. The number of hydrogen-bond donors (Lipinski definition) is 1. The molecule has 1 fully saturated rings. The third-order valence-corrected chi connectivity index (χ3v) is 3.25. The lowest BCUT2D eigenvalue weighted by molar-refractivity contribution is -0.150. The van der Waals surface area contributed by atoms with E-state index >= 15 is 0 Å². The summed E-state index contributed by atoms with van der Waals surface area (Å²) in [6, 6.07) is 0. The fourth-order valence-electron chi connectivity index (χ4n) is 2.23. The molecule has 0 aromatic heterocycles. The maximum absolute atomic E-state index is 10.9. The SMILES string of the molecule is CCOC(CCN1CC(OC)C(OC)C1)C(=O)O. The minimum Gasteiger partial charge on any atom is -0.479 e. The summed E-state index contributed by atoms with van der Waals surface area (Å²) in [6.07, 6.45) is -0.121. The number of methoxy groups -OCH3 is 2. The summed E-state index contributed by atoms with van der Waals surface area (Å²) in [6.45, 7) is 4.43. The van der Waals surface area contributed by atoms with E-state index in [0.717, 1.165) is 13.1 Å². The summed E-state index contributed by atoms with van der Waals surface area (Å²) in [4.78, 5) is 13.1. The van der Waals surface area contributed by atoms with E-state index in [1.54, 1.807) is 21.1 Å². The minimum absolute atomic E-state index is 0.0605. The summed E-state index contributed by atoms with van der Waals surface area (Å²) in [5.41, 5.74) is 0. The van der Waals surface area contributed by atoms with Crippen LogP contribution in [-0.4, -0.2) is 74.7 Å². The molecule has 0 radical (unpaired) electrons. The molecule has 0 aromatic rings. The van der Waals surface area contributed by atoms with Gasteiger partial charge >= 0.3 is 5.97 Å². The average molecular weight is 261 g/mol. The van der Waals surface area contributed by atoms with Crippen LogP contribution >= 0.6 is 0 Å². The maximum atomic E-state index is 10.9. The monoisotopic (exact) mass is 261 g/mol. The molecule has 3 unspecified atom stereocenters. The molecule has 0 spiro atoms. The molecule has 1 heterocycles. The molecule has 1 saturated heterocycles. The van der Waals surface area contributed by atoms with Gasteiger partial charge < -0.3 is 19.3 Å². The normalized spacial score (nSPS) is 26.4. The molecule has 0 aromatic carbocycles. The van der Waals surface area contributed by atoms with Gasteiger partial charge in [-0.15, -0.1) is 0 Å². The van der Waals surface area contributed by atoms with Crippen LogP contribution in [0.5, 0.6) is 0 Å². The molecule has 18 heavy (non-hydrogen) atoms. The molecule has 0 aliphatic carbocycles. The predicted molar refractivity (Wildman–Crippen MR) is 65.7 cm³/mol. The highest BCUT2D eigenvalue weighted by molar-refractivity contribution is 5.72. The number of hydrogen-bond acceptors (Lipinski definition) is 5. The Hall–Kier alpha value is -0.690. The Morgan fingerprint density at radius 1 is 1.33 bits per heavy atom. The summed E-state index contributed by atoms with van der Waals surface area (Å²) in [7, 11) is 3.33. The molecule has 1 aliphatic rings. The van der Waals surface area contributed by atoms with E-state index in [4.69, 9.17) is 19.3 Å².